The van der Waals surface area contributed by atoms with Crippen molar-refractivity contribution in [3.05, 3.63) is 17.5 Å². The highest BCUT2D eigenvalue weighted by molar-refractivity contribution is 5.80. The molecule has 5 saturated carbocycles. The molecule has 4 bridgehead atoms. The van der Waals surface area contributed by atoms with Crippen LogP contribution in [0.4, 0.5) is 13.2 Å². The molecule has 5 aliphatic rings. The Kier molecular flexibility index (Phi) is 3.89. The van der Waals surface area contributed by atoms with Crippen LogP contribution in [-0.2, 0) is 11.0 Å². The SMILES string of the molecule is CC(C(=O)NC1C2CC3CC(C2)CC1C3)n1nc(C(F)(F)F)cc1C1CC1. The summed E-state index contributed by atoms with van der Waals surface area (Å²) >= 11 is 0. The number of halogens is 3. The van der Waals surface area contributed by atoms with Crippen LogP contribution < -0.4 is 5.32 Å². The lowest BCUT2D eigenvalue weighted by molar-refractivity contribution is -0.142. The van der Waals surface area contributed by atoms with Gasteiger partial charge in [-0.15, -0.1) is 0 Å². The Balaban J connectivity index is 1.34. The summed E-state index contributed by atoms with van der Waals surface area (Å²) in [5.74, 6) is 2.64. The van der Waals surface area contributed by atoms with Gasteiger partial charge in [0.1, 0.15) is 6.04 Å². The summed E-state index contributed by atoms with van der Waals surface area (Å²) in [6.45, 7) is 1.67. The van der Waals surface area contributed by atoms with Gasteiger partial charge in [-0.25, -0.2) is 0 Å². The molecule has 1 unspecified atom stereocenters. The maximum Gasteiger partial charge on any atom is 0.435 e. The predicted octanol–water partition coefficient (Wildman–Crippen LogP) is 4.28. The van der Waals surface area contributed by atoms with Gasteiger partial charge in [0.15, 0.2) is 5.69 Å². The highest BCUT2D eigenvalue weighted by Crippen LogP contribution is 2.53. The molecule has 148 valence electrons. The number of hydrogen-bond acceptors (Lipinski definition) is 2. The molecule has 0 radical (unpaired) electrons. The number of nitrogens with one attached hydrogen (secondary N) is 1. The van der Waals surface area contributed by atoms with Crippen LogP contribution in [0, 0.1) is 23.7 Å². The van der Waals surface area contributed by atoms with E-state index in [-0.39, 0.29) is 17.9 Å². The van der Waals surface area contributed by atoms with Crippen molar-refractivity contribution >= 4 is 5.91 Å². The molecule has 5 aliphatic carbocycles. The van der Waals surface area contributed by atoms with Gasteiger partial charge in [-0.1, -0.05) is 0 Å². The van der Waals surface area contributed by atoms with E-state index >= 15 is 0 Å². The molecule has 1 aromatic rings. The molecule has 4 nitrogen and oxygen atoms in total. The summed E-state index contributed by atoms with van der Waals surface area (Å²) in [5, 5.41) is 6.99. The molecule has 1 amide bonds. The van der Waals surface area contributed by atoms with Crippen LogP contribution in [-0.4, -0.2) is 21.7 Å². The number of alkyl halides is 3. The molecule has 27 heavy (non-hydrogen) atoms. The quantitative estimate of drug-likeness (QED) is 0.846. The van der Waals surface area contributed by atoms with Gasteiger partial charge >= 0.3 is 6.18 Å². The first-order chi connectivity index (χ1) is 12.8. The summed E-state index contributed by atoms with van der Waals surface area (Å²) in [5.41, 5.74) is -0.339. The molecule has 1 heterocycles. The number of amides is 1. The summed E-state index contributed by atoms with van der Waals surface area (Å²) in [4.78, 5) is 12.9. The zero-order valence-corrected chi connectivity index (χ0v) is 15.5. The Morgan fingerprint density at radius 3 is 2.26 bits per heavy atom. The van der Waals surface area contributed by atoms with Gasteiger partial charge in [0, 0.05) is 17.7 Å². The molecule has 6 rings (SSSR count). The Bertz CT molecular complexity index is 724. The fraction of sp³-hybridized carbons (Fsp3) is 0.800. The monoisotopic (exact) mass is 381 g/mol. The van der Waals surface area contributed by atoms with Crippen LogP contribution in [0.2, 0.25) is 0 Å². The van der Waals surface area contributed by atoms with Crippen molar-refractivity contribution in [2.45, 2.75) is 76.0 Å². The summed E-state index contributed by atoms with van der Waals surface area (Å²) < 4.78 is 40.7. The third kappa shape index (κ3) is 3.07. The van der Waals surface area contributed by atoms with E-state index in [1.807, 2.05) is 0 Å². The summed E-state index contributed by atoms with van der Waals surface area (Å²) in [6, 6.07) is 0.605. The van der Waals surface area contributed by atoms with Crippen molar-refractivity contribution < 1.29 is 18.0 Å². The van der Waals surface area contributed by atoms with Crippen LogP contribution in [0.5, 0.6) is 0 Å². The number of carbonyl (C=O) groups is 1. The second-order valence-corrected chi connectivity index (χ2v) is 9.31. The van der Waals surface area contributed by atoms with Crippen LogP contribution in [0.25, 0.3) is 0 Å². The number of aromatic nitrogens is 2. The van der Waals surface area contributed by atoms with Crippen molar-refractivity contribution in [3.8, 4) is 0 Å². The molecule has 5 fully saturated rings. The van der Waals surface area contributed by atoms with Gasteiger partial charge in [0.05, 0.1) is 0 Å². The number of nitrogens with zero attached hydrogens (tertiary/aromatic N) is 2. The van der Waals surface area contributed by atoms with E-state index in [2.05, 4.69) is 10.4 Å². The molecule has 0 aromatic carbocycles. The van der Waals surface area contributed by atoms with Crippen molar-refractivity contribution in [2.24, 2.45) is 23.7 Å². The average Bonchev–Trinajstić information content (AvgIpc) is 3.33. The molecule has 0 aliphatic heterocycles. The topological polar surface area (TPSA) is 46.9 Å². The minimum atomic E-state index is -4.48. The van der Waals surface area contributed by atoms with Gasteiger partial charge in [-0.05, 0) is 81.6 Å². The van der Waals surface area contributed by atoms with E-state index in [4.69, 9.17) is 0 Å². The van der Waals surface area contributed by atoms with E-state index in [1.165, 1.54) is 36.8 Å². The Morgan fingerprint density at radius 2 is 1.74 bits per heavy atom. The highest BCUT2D eigenvalue weighted by atomic mass is 19.4. The minimum Gasteiger partial charge on any atom is -0.351 e. The zero-order chi connectivity index (χ0) is 18.9. The third-order valence-corrected chi connectivity index (χ3v) is 7.33. The van der Waals surface area contributed by atoms with E-state index in [1.54, 1.807) is 6.92 Å². The van der Waals surface area contributed by atoms with E-state index in [9.17, 15) is 18.0 Å². The maximum atomic E-state index is 13.1. The van der Waals surface area contributed by atoms with Crippen LogP contribution in [0.15, 0.2) is 6.07 Å². The molecule has 7 heteroatoms. The third-order valence-electron chi connectivity index (χ3n) is 7.33. The number of carbonyl (C=O) groups excluding carboxylic acids is 1. The molecule has 1 atom stereocenters. The van der Waals surface area contributed by atoms with Gasteiger partial charge in [0.25, 0.3) is 0 Å². The highest BCUT2D eigenvalue weighted by Gasteiger charge is 2.49. The normalized spacial score (nSPS) is 36.1. The van der Waals surface area contributed by atoms with Gasteiger partial charge in [-0.2, -0.15) is 18.3 Å². The Hall–Kier alpha value is -1.53. The van der Waals surface area contributed by atoms with Crippen molar-refractivity contribution in [1.29, 1.82) is 0 Å². The first kappa shape index (κ1) is 17.6. The minimum absolute atomic E-state index is 0.102. The number of rotatable bonds is 4. The van der Waals surface area contributed by atoms with Crippen LogP contribution in [0.1, 0.15) is 75.2 Å². The lowest BCUT2D eigenvalue weighted by atomic mass is 9.54. The second-order valence-electron chi connectivity index (χ2n) is 9.31. The van der Waals surface area contributed by atoms with Crippen LogP contribution >= 0.6 is 0 Å². The van der Waals surface area contributed by atoms with Gasteiger partial charge in [0.2, 0.25) is 5.91 Å². The van der Waals surface area contributed by atoms with Gasteiger partial charge in [-0.3, -0.25) is 9.48 Å². The summed E-state index contributed by atoms with van der Waals surface area (Å²) in [6.07, 6.45) is 3.38. The largest absolute Gasteiger partial charge is 0.435 e. The van der Waals surface area contributed by atoms with Gasteiger partial charge < -0.3 is 5.32 Å². The van der Waals surface area contributed by atoms with Crippen LogP contribution in [0.3, 0.4) is 0 Å². The predicted molar refractivity (Wildman–Crippen MR) is 92.9 cm³/mol. The molecule has 1 N–H and O–H groups in total. The molecule has 1 aromatic heterocycles. The molecular formula is C20H26F3N3O. The molecule has 0 saturated heterocycles. The summed E-state index contributed by atoms with van der Waals surface area (Å²) in [7, 11) is 0. The lowest BCUT2D eigenvalue weighted by Crippen LogP contribution is -2.56. The first-order valence-corrected chi connectivity index (χ1v) is 10.3. The molecule has 0 spiro atoms. The number of hydrogen-bond donors (Lipinski definition) is 1. The van der Waals surface area contributed by atoms with Crippen molar-refractivity contribution in [2.75, 3.05) is 0 Å². The standard InChI is InChI=1S/C20H26F3N3O/c1-10(26-16(13-2-3-13)9-17(25-26)20(21,22)23)19(27)24-18-14-5-11-4-12(7-14)8-15(18)6-11/h9-15,18H,2-8H2,1H3,(H,24,27). The van der Waals surface area contributed by atoms with E-state index < -0.39 is 17.9 Å². The Morgan fingerprint density at radius 1 is 1.15 bits per heavy atom. The van der Waals surface area contributed by atoms with Crippen molar-refractivity contribution in [3.63, 3.8) is 0 Å². The fourth-order valence-electron chi connectivity index (χ4n) is 6.10. The van der Waals surface area contributed by atoms with E-state index in [0.29, 0.717) is 17.5 Å². The Labute approximate surface area is 156 Å². The fourth-order valence-corrected chi connectivity index (χ4v) is 6.10. The first-order valence-electron chi connectivity index (χ1n) is 10.3. The maximum absolute atomic E-state index is 13.1. The zero-order valence-electron chi connectivity index (χ0n) is 15.5. The second kappa shape index (κ2) is 5.98. The lowest BCUT2D eigenvalue weighted by Gasteiger charge is -2.54. The smallest absolute Gasteiger partial charge is 0.351 e. The van der Waals surface area contributed by atoms with Crippen molar-refractivity contribution in [1.82, 2.24) is 15.1 Å². The molecular weight excluding hydrogens is 355 g/mol. The van der Waals surface area contributed by atoms with E-state index in [0.717, 1.165) is 30.7 Å². The average molecular weight is 381 g/mol.